The van der Waals surface area contributed by atoms with E-state index in [0.717, 1.165) is 32.6 Å². The van der Waals surface area contributed by atoms with Gasteiger partial charge in [-0.3, -0.25) is 14.4 Å². The van der Waals surface area contributed by atoms with Crippen molar-refractivity contribution in [1.82, 2.24) is 0 Å². The molecule has 46 heavy (non-hydrogen) atoms. The lowest BCUT2D eigenvalue weighted by molar-refractivity contribution is -0.212. The van der Waals surface area contributed by atoms with E-state index in [2.05, 4.69) is 6.92 Å². The lowest BCUT2D eigenvalue weighted by Gasteiger charge is -2.41. The fourth-order valence-electron chi connectivity index (χ4n) is 6.90. The van der Waals surface area contributed by atoms with Crippen LogP contribution in [-0.4, -0.2) is 81.3 Å². The van der Waals surface area contributed by atoms with Crippen LogP contribution in [0.4, 0.5) is 0 Å². The molecule has 1 saturated heterocycles. The minimum absolute atomic E-state index is 0.0234. The van der Waals surface area contributed by atoms with Crippen LogP contribution in [0.5, 0.6) is 0 Å². The van der Waals surface area contributed by atoms with Crippen molar-refractivity contribution in [1.29, 1.82) is 0 Å². The van der Waals surface area contributed by atoms with Crippen molar-refractivity contribution >= 4 is 29.8 Å². The molecule has 1 saturated carbocycles. The summed E-state index contributed by atoms with van der Waals surface area (Å²) in [6.45, 7) is 12.4. The summed E-state index contributed by atoms with van der Waals surface area (Å²) in [5.74, 6) is -5.03. The Morgan fingerprint density at radius 2 is 1.57 bits per heavy atom. The van der Waals surface area contributed by atoms with Crippen molar-refractivity contribution in [3.8, 4) is 0 Å². The molecule has 0 spiro atoms. The second-order valence-electron chi connectivity index (χ2n) is 13.1. The highest BCUT2D eigenvalue weighted by Gasteiger charge is 2.76. The Morgan fingerprint density at radius 3 is 2.15 bits per heavy atom. The third-order valence-electron chi connectivity index (χ3n) is 9.51. The Bertz CT molecular complexity index is 1260. The average Bonchev–Trinajstić information content (AvgIpc) is 3.30. The molecule has 258 valence electrons. The topological polar surface area (TPSA) is 172 Å². The minimum atomic E-state index is -2.57. The molecule has 3 rings (SSSR count). The zero-order valence-electron chi connectivity index (χ0n) is 28.3. The van der Waals surface area contributed by atoms with Gasteiger partial charge in [-0.05, 0) is 58.6 Å². The zero-order chi connectivity index (χ0) is 34.6. The summed E-state index contributed by atoms with van der Waals surface area (Å²) >= 11 is 0. The molecule has 1 unspecified atom stereocenters. The summed E-state index contributed by atoms with van der Waals surface area (Å²) in [7, 11) is 0. The lowest BCUT2D eigenvalue weighted by atomic mass is 9.75. The smallest absolute Gasteiger partial charge is 0.341 e. The molecule has 1 heterocycles. The largest absolute Gasteiger partial charge is 0.459 e. The van der Waals surface area contributed by atoms with E-state index in [9.17, 15) is 34.2 Å². The lowest BCUT2D eigenvalue weighted by Crippen LogP contribution is -2.64. The van der Waals surface area contributed by atoms with E-state index in [1.165, 1.54) is 13.8 Å². The van der Waals surface area contributed by atoms with E-state index in [1.807, 2.05) is 0 Å². The first-order valence-electron chi connectivity index (χ1n) is 16.3. The van der Waals surface area contributed by atoms with E-state index in [1.54, 1.807) is 33.8 Å². The summed E-state index contributed by atoms with van der Waals surface area (Å²) in [5, 5.41) is 23.9. The molecule has 12 nitrogen and oxygen atoms in total. The summed E-state index contributed by atoms with van der Waals surface area (Å²) in [6, 6.07) is 0. The molecule has 8 atom stereocenters. The van der Waals surface area contributed by atoms with Gasteiger partial charge in [-0.2, -0.15) is 0 Å². The number of hydrogen-bond donors (Lipinski definition) is 2. The maximum absolute atomic E-state index is 13.3. The molecule has 0 amide bonds. The molecular formula is C34H50O12. The number of rotatable bonds is 13. The highest BCUT2D eigenvalue weighted by Crippen LogP contribution is 2.57. The minimum Gasteiger partial charge on any atom is -0.459 e. The summed E-state index contributed by atoms with van der Waals surface area (Å²) in [6.07, 6.45) is 0.272. The van der Waals surface area contributed by atoms with Gasteiger partial charge < -0.3 is 33.9 Å². The predicted octanol–water partition coefficient (Wildman–Crippen LogP) is 3.93. The zero-order valence-corrected chi connectivity index (χ0v) is 28.3. The Morgan fingerprint density at radius 1 is 0.935 bits per heavy atom. The molecule has 2 fully saturated rings. The average molecular weight is 651 g/mol. The summed E-state index contributed by atoms with van der Waals surface area (Å²) in [4.78, 5) is 65.1. The fourth-order valence-corrected chi connectivity index (χ4v) is 6.90. The van der Waals surface area contributed by atoms with Crippen LogP contribution in [-0.2, 0) is 47.7 Å². The monoisotopic (exact) mass is 650 g/mol. The molecule has 2 aliphatic carbocycles. The van der Waals surface area contributed by atoms with Crippen molar-refractivity contribution in [3.05, 3.63) is 22.8 Å². The normalized spacial score (nSPS) is 33.8. The van der Waals surface area contributed by atoms with Crippen LogP contribution in [0.25, 0.3) is 0 Å². The van der Waals surface area contributed by atoms with Crippen molar-refractivity contribution < 1.29 is 57.9 Å². The van der Waals surface area contributed by atoms with Crippen LogP contribution in [0, 0.1) is 5.92 Å². The summed E-state index contributed by atoms with van der Waals surface area (Å²) in [5.41, 5.74) is -6.12. The van der Waals surface area contributed by atoms with Gasteiger partial charge in [0, 0.05) is 31.8 Å². The molecule has 12 heteroatoms. The van der Waals surface area contributed by atoms with E-state index in [4.69, 9.17) is 23.7 Å². The number of carbonyl (C=O) groups excluding carboxylic acids is 5. The molecule has 2 N–H and O–H groups in total. The Balaban J connectivity index is 2.23. The quantitative estimate of drug-likeness (QED) is 0.0969. The standard InChI is InChI=1S/C34H50O12/c1-9-12-13-14-15-17-24(37)43-28-26-25(20(5)27(28)44-30(38)19(4)11-3)29-34(41,33(8,40)31(39)45-29)22(42-23(36)16-10-2)18-32(26,7)46-21(6)35/h11,22,26-29,40-41H,9-10,12-18H2,1-8H3/t22-,26?,27-,28-,29-,32-,33+,34+/m0/s1. The number of aliphatic hydroxyl groups is 2. The van der Waals surface area contributed by atoms with Gasteiger partial charge in [0.2, 0.25) is 0 Å². The molecule has 0 bridgehead atoms. The van der Waals surface area contributed by atoms with Gasteiger partial charge in [0.1, 0.15) is 11.7 Å². The van der Waals surface area contributed by atoms with Crippen molar-refractivity contribution in [3.63, 3.8) is 0 Å². The van der Waals surface area contributed by atoms with Crippen LogP contribution < -0.4 is 0 Å². The predicted molar refractivity (Wildman–Crippen MR) is 164 cm³/mol. The van der Waals surface area contributed by atoms with E-state index in [-0.39, 0.29) is 29.6 Å². The third kappa shape index (κ3) is 7.02. The van der Waals surface area contributed by atoms with Crippen LogP contribution in [0.2, 0.25) is 0 Å². The molecule has 0 aromatic heterocycles. The molecule has 0 aromatic rings. The number of hydrogen-bond acceptors (Lipinski definition) is 12. The number of carbonyl (C=O) groups is 5. The van der Waals surface area contributed by atoms with Gasteiger partial charge in [-0.1, -0.05) is 45.6 Å². The first-order valence-corrected chi connectivity index (χ1v) is 16.3. The first-order chi connectivity index (χ1) is 21.5. The Kier molecular flexibility index (Phi) is 11.9. The molecule has 0 radical (unpaired) electrons. The van der Waals surface area contributed by atoms with Crippen molar-refractivity contribution in [2.45, 2.75) is 154 Å². The summed E-state index contributed by atoms with van der Waals surface area (Å²) < 4.78 is 29.3. The maximum Gasteiger partial charge on any atom is 0.341 e. The Hall–Kier alpha value is -3.25. The Labute approximate surface area is 270 Å². The highest BCUT2D eigenvalue weighted by molar-refractivity contribution is 5.88. The van der Waals surface area contributed by atoms with Gasteiger partial charge >= 0.3 is 29.8 Å². The second-order valence-corrected chi connectivity index (χ2v) is 13.1. The molecular weight excluding hydrogens is 600 g/mol. The first kappa shape index (κ1) is 37.2. The number of esters is 5. The number of ether oxygens (including phenoxy) is 5. The van der Waals surface area contributed by atoms with Crippen molar-refractivity contribution in [2.24, 2.45) is 5.92 Å². The number of fused-ring (bicyclic) bond motifs is 3. The second kappa shape index (κ2) is 14.7. The van der Waals surface area contributed by atoms with Crippen LogP contribution in [0.3, 0.4) is 0 Å². The van der Waals surface area contributed by atoms with Crippen LogP contribution in [0.15, 0.2) is 22.8 Å². The van der Waals surface area contributed by atoms with Gasteiger partial charge in [0.05, 0.1) is 5.92 Å². The van der Waals surface area contributed by atoms with Crippen LogP contribution in [0.1, 0.15) is 113 Å². The van der Waals surface area contributed by atoms with Gasteiger partial charge in [0.25, 0.3) is 0 Å². The fraction of sp³-hybridized carbons (Fsp3) is 0.735. The molecule has 1 aliphatic heterocycles. The highest BCUT2D eigenvalue weighted by atomic mass is 16.6. The SMILES string of the molecule is CC=C(C)C(=O)O[C@H]1C(C)=C2C([C@@H]1OC(=O)CCCCCCC)[C@@](C)(OC(C)=O)C[C@H](OC(=O)CCC)[C@@]1(O)[C@H]2OC(=O)[C@@]1(C)O. The van der Waals surface area contributed by atoms with Gasteiger partial charge in [-0.25, -0.2) is 9.59 Å². The third-order valence-corrected chi connectivity index (χ3v) is 9.51. The van der Waals surface area contributed by atoms with E-state index < -0.39 is 83.4 Å². The van der Waals surface area contributed by atoms with Crippen molar-refractivity contribution in [2.75, 3.05) is 0 Å². The van der Waals surface area contributed by atoms with E-state index in [0.29, 0.717) is 12.8 Å². The number of unbranched alkanes of at least 4 members (excludes halogenated alkanes) is 4. The van der Waals surface area contributed by atoms with Crippen LogP contribution >= 0.6 is 0 Å². The van der Waals surface area contributed by atoms with Gasteiger partial charge in [0.15, 0.2) is 29.5 Å². The van der Waals surface area contributed by atoms with E-state index >= 15 is 0 Å². The van der Waals surface area contributed by atoms with Gasteiger partial charge in [-0.15, -0.1) is 0 Å². The molecule has 0 aromatic carbocycles. The number of allylic oxidation sites excluding steroid dienone is 1. The molecule has 3 aliphatic rings. The maximum atomic E-state index is 13.3.